The van der Waals surface area contributed by atoms with Gasteiger partial charge in [-0.2, -0.15) is 0 Å². The van der Waals surface area contributed by atoms with Crippen LogP contribution in [-0.2, 0) is 11.3 Å². The van der Waals surface area contributed by atoms with Crippen LogP contribution in [0.5, 0.6) is 0 Å². The molecule has 1 aromatic heterocycles. The maximum absolute atomic E-state index is 10.8. The highest BCUT2D eigenvalue weighted by molar-refractivity contribution is 5.75. The van der Waals surface area contributed by atoms with E-state index in [0.29, 0.717) is 12.3 Å². The number of furan rings is 1. The molecule has 12 heavy (non-hydrogen) atoms. The summed E-state index contributed by atoms with van der Waals surface area (Å²) in [6.07, 6.45) is 1.69. The van der Waals surface area contributed by atoms with Gasteiger partial charge in [-0.3, -0.25) is 4.79 Å². The maximum atomic E-state index is 10.8. The minimum absolute atomic E-state index is 0.121. The van der Waals surface area contributed by atoms with Gasteiger partial charge in [0.25, 0.3) is 0 Å². The van der Waals surface area contributed by atoms with E-state index >= 15 is 0 Å². The first kappa shape index (κ1) is 8.80. The van der Waals surface area contributed by atoms with Gasteiger partial charge in [-0.15, -0.1) is 0 Å². The Bertz CT molecular complexity index is 230. The summed E-state index contributed by atoms with van der Waals surface area (Å²) in [5.74, 6) is 0.537. The predicted molar refractivity (Wildman–Crippen MR) is 42.3 cm³/mol. The molecule has 66 valence electrons. The Morgan fingerprint density at radius 3 is 3.08 bits per heavy atom. The Hall–Kier alpha value is -1.29. The molecule has 0 unspecified atom stereocenters. The van der Waals surface area contributed by atoms with Gasteiger partial charge in [0.15, 0.2) is 0 Å². The van der Waals surface area contributed by atoms with Gasteiger partial charge in [0, 0.05) is 6.42 Å². The summed E-state index contributed by atoms with van der Waals surface area (Å²) < 4.78 is 4.98. The zero-order chi connectivity index (χ0) is 8.81. The third-order valence-corrected chi connectivity index (χ3v) is 1.38. The monoisotopic (exact) mass is 169 g/mol. The Labute approximate surface area is 70.2 Å². The largest absolute Gasteiger partial charge is 0.467 e. The molecule has 0 bridgehead atoms. The van der Waals surface area contributed by atoms with Gasteiger partial charge < -0.3 is 14.8 Å². The molecule has 0 aliphatic rings. The standard InChI is InChI=1S/C8H11NO3/c10-4-3-8(11)9-6-7-2-1-5-12-7/h1-2,5,10H,3-4,6H2,(H,9,11). The van der Waals surface area contributed by atoms with E-state index in [0.717, 1.165) is 0 Å². The van der Waals surface area contributed by atoms with E-state index in [-0.39, 0.29) is 18.9 Å². The average molecular weight is 169 g/mol. The van der Waals surface area contributed by atoms with E-state index in [2.05, 4.69) is 5.32 Å². The predicted octanol–water partition coefficient (Wildman–Crippen LogP) is 0.278. The molecule has 1 aromatic rings. The lowest BCUT2D eigenvalue weighted by Crippen LogP contribution is -2.23. The first-order chi connectivity index (χ1) is 5.83. The van der Waals surface area contributed by atoms with Crippen LogP contribution in [0.4, 0.5) is 0 Å². The molecule has 0 fully saturated rings. The van der Waals surface area contributed by atoms with Crippen LogP contribution in [0.1, 0.15) is 12.2 Å². The summed E-state index contributed by atoms with van der Waals surface area (Å²) in [5.41, 5.74) is 0. The summed E-state index contributed by atoms with van der Waals surface area (Å²) in [7, 11) is 0. The topological polar surface area (TPSA) is 62.5 Å². The number of aliphatic hydroxyl groups excluding tert-OH is 1. The summed E-state index contributed by atoms with van der Waals surface area (Å²) >= 11 is 0. The molecule has 1 rings (SSSR count). The third kappa shape index (κ3) is 2.75. The molecule has 1 amide bonds. The Kier molecular flexibility index (Phi) is 3.35. The van der Waals surface area contributed by atoms with E-state index in [9.17, 15) is 4.79 Å². The van der Waals surface area contributed by atoms with Crippen LogP contribution in [0.2, 0.25) is 0 Å². The van der Waals surface area contributed by atoms with Crippen molar-refractivity contribution in [3.8, 4) is 0 Å². The van der Waals surface area contributed by atoms with E-state index in [1.165, 1.54) is 0 Å². The van der Waals surface area contributed by atoms with Gasteiger partial charge in [-0.25, -0.2) is 0 Å². The van der Waals surface area contributed by atoms with Crippen LogP contribution < -0.4 is 5.32 Å². The fourth-order valence-corrected chi connectivity index (χ4v) is 0.789. The zero-order valence-corrected chi connectivity index (χ0v) is 6.62. The SMILES string of the molecule is O=C(CCO)NCc1ccco1. The van der Waals surface area contributed by atoms with Gasteiger partial charge in [0.1, 0.15) is 5.76 Å². The number of aliphatic hydroxyl groups is 1. The normalized spacial score (nSPS) is 9.75. The van der Waals surface area contributed by atoms with Crippen molar-refractivity contribution in [3.05, 3.63) is 24.2 Å². The van der Waals surface area contributed by atoms with Crippen LogP contribution in [0.25, 0.3) is 0 Å². The number of rotatable bonds is 4. The molecule has 2 N–H and O–H groups in total. The summed E-state index contributed by atoms with van der Waals surface area (Å²) in [5, 5.41) is 11.0. The van der Waals surface area contributed by atoms with Gasteiger partial charge >= 0.3 is 0 Å². The Balaban J connectivity index is 2.22. The molecular weight excluding hydrogens is 158 g/mol. The van der Waals surface area contributed by atoms with E-state index in [1.807, 2.05) is 0 Å². The maximum Gasteiger partial charge on any atom is 0.222 e. The highest BCUT2D eigenvalue weighted by atomic mass is 16.3. The first-order valence-corrected chi connectivity index (χ1v) is 3.73. The molecule has 0 atom stereocenters. The molecule has 1 heterocycles. The lowest BCUT2D eigenvalue weighted by Gasteiger charge is -1.99. The quantitative estimate of drug-likeness (QED) is 0.680. The first-order valence-electron chi connectivity index (χ1n) is 3.73. The van der Waals surface area contributed by atoms with Gasteiger partial charge in [-0.1, -0.05) is 0 Å². The highest BCUT2D eigenvalue weighted by Gasteiger charge is 2.00. The van der Waals surface area contributed by atoms with Crippen molar-refractivity contribution in [1.29, 1.82) is 0 Å². The van der Waals surface area contributed by atoms with E-state index < -0.39 is 0 Å². The molecular formula is C8H11NO3. The van der Waals surface area contributed by atoms with Crippen molar-refractivity contribution in [2.75, 3.05) is 6.61 Å². The lowest BCUT2D eigenvalue weighted by molar-refractivity contribution is -0.121. The Morgan fingerprint density at radius 1 is 1.67 bits per heavy atom. The van der Waals surface area contributed by atoms with Crippen LogP contribution in [0.3, 0.4) is 0 Å². The fraction of sp³-hybridized carbons (Fsp3) is 0.375. The molecule has 0 radical (unpaired) electrons. The number of amides is 1. The molecule has 4 nitrogen and oxygen atoms in total. The van der Waals surface area contributed by atoms with Crippen LogP contribution in [0.15, 0.2) is 22.8 Å². The van der Waals surface area contributed by atoms with Crippen molar-refractivity contribution in [3.63, 3.8) is 0 Å². The fourth-order valence-electron chi connectivity index (χ4n) is 0.789. The van der Waals surface area contributed by atoms with Crippen LogP contribution >= 0.6 is 0 Å². The third-order valence-electron chi connectivity index (χ3n) is 1.38. The summed E-state index contributed by atoms with van der Waals surface area (Å²) in [6.45, 7) is 0.260. The van der Waals surface area contributed by atoms with Gasteiger partial charge in [-0.05, 0) is 12.1 Å². The molecule has 0 spiro atoms. The van der Waals surface area contributed by atoms with Crippen molar-refractivity contribution < 1.29 is 14.3 Å². The number of nitrogens with one attached hydrogen (secondary N) is 1. The van der Waals surface area contributed by atoms with Crippen LogP contribution in [0, 0.1) is 0 Å². The number of hydrogen-bond donors (Lipinski definition) is 2. The van der Waals surface area contributed by atoms with Gasteiger partial charge in [0.05, 0.1) is 19.4 Å². The molecule has 0 aromatic carbocycles. The van der Waals surface area contributed by atoms with Crippen molar-refractivity contribution in [2.24, 2.45) is 0 Å². The van der Waals surface area contributed by atoms with Crippen molar-refractivity contribution >= 4 is 5.91 Å². The second-order valence-corrected chi connectivity index (χ2v) is 2.33. The molecule has 4 heteroatoms. The van der Waals surface area contributed by atoms with E-state index in [1.54, 1.807) is 18.4 Å². The van der Waals surface area contributed by atoms with Crippen molar-refractivity contribution in [1.82, 2.24) is 5.32 Å². The molecule has 0 saturated heterocycles. The summed E-state index contributed by atoms with van der Waals surface area (Å²) in [6, 6.07) is 3.53. The zero-order valence-electron chi connectivity index (χ0n) is 6.62. The number of carbonyl (C=O) groups excluding carboxylic acids is 1. The van der Waals surface area contributed by atoms with Gasteiger partial charge in [0.2, 0.25) is 5.91 Å². The lowest BCUT2D eigenvalue weighted by atomic mass is 10.4. The second-order valence-electron chi connectivity index (χ2n) is 2.33. The minimum atomic E-state index is -0.172. The van der Waals surface area contributed by atoms with Crippen molar-refractivity contribution in [2.45, 2.75) is 13.0 Å². The smallest absolute Gasteiger partial charge is 0.222 e. The molecule has 0 saturated carbocycles. The number of carbonyl (C=O) groups is 1. The highest BCUT2D eigenvalue weighted by Crippen LogP contribution is 1.98. The molecule has 0 aliphatic heterocycles. The minimum Gasteiger partial charge on any atom is -0.467 e. The summed E-state index contributed by atoms with van der Waals surface area (Å²) in [4.78, 5) is 10.8. The average Bonchev–Trinajstić information content (AvgIpc) is 2.53. The number of hydrogen-bond acceptors (Lipinski definition) is 3. The molecule has 0 aliphatic carbocycles. The Morgan fingerprint density at radius 2 is 2.50 bits per heavy atom. The van der Waals surface area contributed by atoms with Crippen LogP contribution in [-0.4, -0.2) is 17.6 Å². The van der Waals surface area contributed by atoms with E-state index in [4.69, 9.17) is 9.52 Å². The second kappa shape index (κ2) is 4.56.